The van der Waals surface area contributed by atoms with Crippen molar-refractivity contribution in [3.63, 3.8) is 0 Å². The maximum absolute atomic E-state index is 12.8. The summed E-state index contributed by atoms with van der Waals surface area (Å²) in [6.07, 6.45) is 8.09. The molecule has 2 atom stereocenters. The second-order valence-corrected chi connectivity index (χ2v) is 10.8. The van der Waals surface area contributed by atoms with Crippen molar-refractivity contribution in [2.45, 2.75) is 77.4 Å². The van der Waals surface area contributed by atoms with Gasteiger partial charge in [-0.1, -0.05) is 6.08 Å². The molecule has 34 heavy (non-hydrogen) atoms. The molecule has 1 saturated carbocycles. The Hall–Kier alpha value is -2.58. The van der Waals surface area contributed by atoms with E-state index in [0.717, 1.165) is 32.1 Å². The van der Waals surface area contributed by atoms with Gasteiger partial charge < -0.3 is 25.0 Å². The van der Waals surface area contributed by atoms with Crippen molar-refractivity contribution in [1.29, 1.82) is 0 Å². The van der Waals surface area contributed by atoms with Crippen molar-refractivity contribution in [2.24, 2.45) is 17.8 Å². The maximum atomic E-state index is 12.8. The first-order chi connectivity index (χ1) is 16.0. The number of piperidine rings is 2. The normalized spacial score (nSPS) is 23.0. The number of aliphatic carboxylic acids is 1. The number of carboxylic acids is 1. The fourth-order valence-electron chi connectivity index (χ4n) is 4.64. The van der Waals surface area contributed by atoms with Crippen LogP contribution < -0.4 is 5.32 Å². The van der Waals surface area contributed by atoms with Gasteiger partial charge >= 0.3 is 12.1 Å². The Balaban J connectivity index is 1.44. The Bertz CT molecular complexity index is 793. The van der Waals surface area contributed by atoms with Crippen molar-refractivity contribution in [2.75, 3.05) is 26.2 Å². The van der Waals surface area contributed by atoms with Crippen molar-refractivity contribution in [3.8, 4) is 0 Å². The highest BCUT2D eigenvalue weighted by atomic mass is 16.6. The lowest BCUT2D eigenvalue weighted by Gasteiger charge is -2.33. The zero-order chi connectivity index (χ0) is 24.9. The van der Waals surface area contributed by atoms with Gasteiger partial charge in [0.1, 0.15) is 5.60 Å². The topological polar surface area (TPSA) is 116 Å². The van der Waals surface area contributed by atoms with Crippen LogP contribution in [0.2, 0.25) is 0 Å². The summed E-state index contributed by atoms with van der Waals surface area (Å²) in [5.74, 6) is -0.976. The number of carboxylic acid groups (broad SMARTS) is 1. The molecule has 0 bridgehead atoms. The molecule has 2 heterocycles. The molecule has 1 aliphatic carbocycles. The molecule has 9 nitrogen and oxygen atoms in total. The van der Waals surface area contributed by atoms with Crippen LogP contribution in [0.15, 0.2) is 12.2 Å². The van der Waals surface area contributed by atoms with Crippen LogP contribution in [0.25, 0.3) is 0 Å². The minimum absolute atomic E-state index is 0.0543. The Morgan fingerprint density at radius 3 is 2.29 bits per heavy atom. The van der Waals surface area contributed by atoms with Gasteiger partial charge in [-0.2, -0.15) is 0 Å². The molecule has 0 radical (unpaired) electrons. The van der Waals surface area contributed by atoms with Crippen molar-refractivity contribution < 1.29 is 29.0 Å². The standard InChI is InChI=1S/C25H39N3O6/c1-25(2,3)34-24(33)27-13-10-17(11-14-27)6-9-21(29)28-12-4-5-19(16-28)23(32)26-20(15-22(30)31)18-7-8-18/h6,9,17-20H,4-5,7-8,10-16H2,1-3H3,(H,26,32)(H,30,31)/b9-6+/t19-,20?/m1/s1. The number of rotatable bonds is 7. The van der Waals surface area contributed by atoms with Crippen LogP contribution >= 0.6 is 0 Å². The summed E-state index contributed by atoms with van der Waals surface area (Å²) < 4.78 is 5.42. The van der Waals surface area contributed by atoms with Crippen LogP contribution in [0, 0.1) is 17.8 Å². The van der Waals surface area contributed by atoms with Crippen LogP contribution in [-0.2, 0) is 19.1 Å². The number of allylic oxidation sites excluding steroid dienone is 1. The lowest BCUT2D eigenvalue weighted by molar-refractivity contribution is -0.138. The van der Waals surface area contributed by atoms with Gasteiger partial charge in [0.25, 0.3) is 0 Å². The van der Waals surface area contributed by atoms with Gasteiger partial charge in [0.15, 0.2) is 0 Å². The molecule has 3 rings (SSSR count). The average Bonchev–Trinajstić information content (AvgIpc) is 3.61. The van der Waals surface area contributed by atoms with Gasteiger partial charge in [-0.3, -0.25) is 14.4 Å². The molecule has 3 aliphatic rings. The molecular formula is C25H39N3O6. The van der Waals surface area contributed by atoms with E-state index in [0.29, 0.717) is 32.6 Å². The number of ether oxygens (including phenoxy) is 1. The quantitative estimate of drug-likeness (QED) is 0.545. The SMILES string of the molecule is CC(C)(C)OC(=O)N1CCC(/C=C/C(=O)N2CCC[C@@H](C(=O)NC(CC(=O)O)C3CC3)C2)CC1. The van der Waals surface area contributed by atoms with Gasteiger partial charge in [0.05, 0.1) is 12.3 Å². The van der Waals surface area contributed by atoms with Crippen LogP contribution in [0.4, 0.5) is 4.79 Å². The first-order valence-electron chi connectivity index (χ1n) is 12.5. The predicted molar refractivity (Wildman–Crippen MR) is 126 cm³/mol. The van der Waals surface area contributed by atoms with E-state index in [1.165, 1.54) is 0 Å². The fraction of sp³-hybridized carbons (Fsp3) is 0.760. The third kappa shape index (κ3) is 8.02. The smallest absolute Gasteiger partial charge is 0.410 e. The summed E-state index contributed by atoms with van der Waals surface area (Å²) in [4.78, 5) is 52.3. The monoisotopic (exact) mass is 477 g/mol. The highest BCUT2D eigenvalue weighted by Crippen LogP contribution is 2.34. The van der Waals surface area contributed by atoms with E-state index in [9.17, 15) is 19.2 Å². The Labute approximate surface area is 201 Å². The molecule has 3 amide bonds. The minimum Gasteiger partial charge on any atom is -0.481 e. The third-order valence-electron chi connectivity index (χ3n) is 6.72. The Morgan fingerprint density at radius 1 is 1.03 bits per heavy atom. The van der Waals surface area contributed by atoms with Crippen LogP contribution in [-0.4, -0.2) is 76.6 Å². The number of nitrogens with one attached hydrogen (secondary N) is 1. The highest BCUT2D eigenvalue weighted by molar-refractivity contribution is 5.88. The van der Waals surface area contributed by atoms with Crippen LogP contribution in [0.3, 0.4) is 0 Å². The third-order valence-corrected chi connectivity index (χ3v) is 6.72. The number of hydrogen-bond donors (Lipinski definition) is 2. The van der Waals surface area contributed by atoms with Crippen LogP contribution in [0.5, 0.6) is 0 Å². The van der Waals surface area contributed by atoms with Crippen molar-refractivity contribution in [3.05, 3.63) is 12.2 Å². The summed E-state index contributed by atoms with van der Waals surface area (Å²) >= 11 is 0. The number of amides is 3. The largest absolute Gasteiger partial charge is 0.481 e. The number of hydrogen-bond acceptors (Lipinski definition) is 5. The number of likely N-dealkylation sites (tertiary alicyclic amines) is 2. The van der Waals surface area contributed by atoms with Gasteiger partial charge in [-0.25, -0.2) is 4.79 Å². The van der Waals surface area contributed by atoms with Gasteiger partial charge in [0.2, 0.25) is 11.8 Å². The van der Waals surface area contributed by atoms with E-state index in [1.807, 2.05) is 26.8 Å². The molecule has 2 aliphatic heterocycles. The summed E-state index contributed by atoms with van der Waals surface area (Å²) in [7, 11) is 0. The summed E-state index contributed by atoms with van der Waals surface area (Å²) in [6.45, 7) is 7.72. The number of carbonyl (C=O) groups is 4. The molecule has 0 aromatic carbocycles. The number of carbonyl (C=O) groups excluding carboxylic acids is 3. The Morgan fingerprint density at radius 2 is 1.71 bits per heavy atom. The van der Waals surface area contributed by atoms with Crippen LogP contribution in [0.1, 0.15) is 65.7 Å². The molecular weight excluding hydrogens is 438 g/mol. The van der Waals surface area contributed by atoms with Crippen molar-refractivity contribution >= 4 is 23.9 Å². The fourth-order valence-corrected chi connectivity index (χ4v) is 4.64. The lowest BCUT2D eigenvalue weighted by Crippen LogP contribution is -2.48. The molecule has 0 spiro atoms. The summed E-state index contributed by atoms with van der Waals surface area (Å²) in [5, 5.41) is 12.0. The van der Waals surface area contributed by atoms with E-state index in [1.54, 1.807) is 15.9 Å². The molecule has 3 fully saturated rings. The average molecular weight is 478 g/mol. The molecule has 1 unspecified atom stereocenters. The highest BCUT2D eigenvalue weighted by Gasteiger charge is 2.36. The molecule has 0 aromatic heterocycles. The zero-order valence-electron chi connectivity index (χ0n) is 20.6. The first kappa shape index (κ1) is 26.0. The van der Waals surface area contributed by atoms with E-state index in [4.69, 9.17) is 9.84 Å². The second-order valence-electron chi connectivity index (χ2n) is 10.8. The van der Waals surface area contributed by atoms with E-state index in [-0.39, 0.29) is 48.1 Å². The predicted octanol–water partition coefficient (Wildman–Crippen LogP) is 2.80. The lowest BCUT2D eigenvalue weighted by atomic mass is 9.95. The zero-order valence-corrected chi connectivity index (χ0v) is 20.6. The van der Waals surface area contributed by atoms with Gasteiger partial charge in [-0.15, -0.1) is 0 Å². The first-order valence-corrected chi connectivity index (χ1v) is 12.5. The second kappa shape index (κ2) is 11.2. The maximum Gasteiger partial charge on any atom is 0.410 e. The molecule has 2 saturated heterocycles. The molecule has 0 aromatic rings. The van der Waals surface area contributed by atoms with E-state index < -0.39 is 11.6 Å². The molecule has 9 heteroatoms. The van der Waals surface area contributed by atoms with Crippen molar-refractivity contribution in [1.82, 2.24) is 15.1 Å². The molecule has 2 N–H and O–H groups in total. The van der Waals surface area contributed by atoms with Gasteiger partial charge in [-0.05, 0) is 77.2 Å². The van der Waals surface area contributed by atoms with E-state index in [2.05, 4.69) is 5.32 Å². The Kier molecular flexibility index (Phi) is 8.60. The van der Waals surface area contributed by atoms with E-state index >= 15 is 0 Å². The molecule has 190 valence electrons. The van der Waals surface area contributed by atoms with Gasteiger partial charge in [0, 0.05) is 32.2 Å². The summed E-state index contributed by atoms with van der Waals surface area (Å²) in [6, 6.07) is -0.317. The minimum atomic E-state index is -0.903. The summed E-state index contributed by atoms with van der Waals surface area (Å²) in [5.41, 5.74) is -0.515. The number of nitrogens with zero attached hydrogens (tertiary/aromatic N) is 2.